The summed E-state index contributed by atoms with van der Waals surface area (Å²) in [5, 5.41) is 4.62. The number of aromatic nitrogens is 3. The minimum Gasteiger partial charge on any atom is -0.438 e. The summed E-state index contributed by atoms with van der Waals surface area (Å²) < 4.78 is 73.5. The Labute approximate surface area is 181 Å². The molecule has 1 aromatic carbocycles. The molecular weight excluding hydrogens is 457 g/mol. The lowest BCUT2D eigenvalue weighted by Gasteiger charge is -2.12. The largest absolute Gasteiger partial charge is 0.438 e. The standard InChI is InChI=1S/C19H18ClF3N4O3S/c1-3-15-17(20)16(27(2)26-15)11-25-31(28,29)13-8-6-12(7-9-13)30-18-14(19(21,22)23)5-4-10-24-18/h4-10,25H,3,11H2,1-2H3. The lowest BCUT2D eigenvalue weighted by atomic mass is 10.2. The maximum atomic E-state index is 13.1. The number of aryl methyl sites for hydroxylation is 2. The van der Waals surface area contributed by atoms with E-state index in [9.17, 15) is 21.6 Å². The second kappa shape index (κ2) is 8.85. The first-order valence-electron chi connectivity index (χ1n) is 9.03. The molecule has 0 atom stereocenters. The molecule has 0 fully saturated rings. The molecule has 2 heterocycles. The molecular formula is C19H18ClF3N4O3S. The molecule has 0 unspecified atom stereocenters. The molecule has 0 saturated heterocycles. The first kappa shape index (κ1) is 23.0. The Morgan fingerprint density at radius 1 is 1.19 bits per heavy atom. The smallest absolute Gasteiger partial charge is 0.421 e. The van der Waals surface area contributed by atoms with Crippen LogP contribution in [0.5, 0.6) is 11.6 Å². The fraction of sp³-hybridized carbons (Fsp3) is 0.263. The van der Waals surface area contributed by atoms with E-state index in [2.05, 4.69) is 14.8 Å². The highest BCUT2D eigenvalue weighted by molar-refractivity contribution is 7.89. The minimum atomic E-state index is -4.64. The van der Waals surface area contributed by atoms with Crippen molar-refractivity contribution in [1.82, 2.24) is 19.5 Å². The fourth-order valence-electron chi connectivity index (χ4n) is 2.74. The predicted octanol–water partition coefficient (Wildman–Crippen LogP) is 4.32. The van der Waals surface area contributed by atoms with Crippen LogP contribution in [0.4, 0.5) is 13.2 Å². The van der Waals surface area contributed by atoms with Crippen LogP contribution >= 0.6 is 11.6 Å². The van der Waals surface area contributed by atoms with Crippen molar-refractivity contribution in [3.8, 4) is 11.6 Å². The number of halogens is 4. The van der Waals surface area contributed by atoms with Crippen molar-refractivity contribution >= 4 is 21.6 Å². The van der Waals surface area contributed by atoms with E-state index in [4.69, 9.17) is 16.3 Å². The lowest BCUT2D eigenvalue weighted by Crippen LogP contribution is -2.24. The van der Waals surface area contributed by atoms with Crippen molar-refractivity contribution in [3.63, 3.8) is 0 Å². The van der Waals surface area contributed by atoms with Crippen molar-refractivity contribution in [2.45, 2.75) is 31.0 Å². The third-order valence-corrected chi connectivity index (χ3v) is 6.21. The predicted molar refractivity (Wildman–Crippen MR) is 107 cm³/mol. The van der Waals surface area contributed by atoms with Crippen molar-refractivity contribution < 1.29 is 26.3 Å². The van der Waals surface area contributed by atoms with Gasteiger partial charge in [0.25, 0.3) is 0 Å². The number of sulfonamides is 1. The molecule has 12 heteroatoms. The summed E-state index contributed by atoms with van der Waals surface area (Å²) in [4.78, 5) is 3.51. The molecule has 0 spiro atoms. The molecule has 166 valence electrons. The maximum absolute atomic E-state index is 13.1. The van der Waals surface area contributed by atoms with Crippen LogP contribution in [0, 0.1) is 0 Å². The zero-order valence-corrected chi connectivity index (χ0v) is 18.0. The Kier molecular flexibility index (Phi) is 6.58. The number of alkyl halides is 3. The van der Waals surface area contributed by atoms with Gasteiger partial charge in [-0.05, 0) is 42.8 Å². The van der Waals surface area contributed by atoms with Gasteiger partial charge in [-0.3, -0.25) is 4.68 Å². The van der Waals surface area contributed by atoms with E-state index >= 15 is 0 Å². The number of nitrogens with zero attached hydrogens (tertiary/aromatic N) is 3. The monoisotopic (exact) mass is 474 g/mol. The summed E-state index contributed by atoms with van der Waals surface area (Å²) in [5.74, 6) is -0.619. The number of ether oxygens (including phenoxy) is 1. The van der Waals surface area contributed by atoms with Crippen LogP contribution < -0.4 is 9.46 Å². The summed E-state index contributed by atoms with van der Waals surface area (Å²) in [7, 11) is -2.25. The van der Waals surface area contributed by atoms with E-state index in [0.29, 0.717) is 22.8 Å². The van der Waals surface area contributed by atoms with Crippen LogP contribution in [0.15, 0.2) is 47.5 Å². The molecule has 0 radical (unpaired) electrons. The van der Waals surface area contributed by atoms with Gasteiger partial charge in [0.15, 0.2) is 0 Å². The van der Waals surface area contributed by atoms with Gasteiger partial charge in [-0.2, -0.15) is 18.3 Å². The average molecular weight is 475 g/mol. The number of pyridine rings is 1. The Balaban J connectivity index is 1.75. The molecule has 0 aliphatic heterocycles. The van der Waals surface area contributed by atoms with E-state index in [1.165, 1.54) is 35.1 Å². The van der Waals surface area contributed by atoms with Crippen molar-refractivity contribution in [3.05, 3.63) is 64.6 Å². The molecule has 31 heavy (non-hydrogen) atoms. The highest BCUT2D eigenvalue weighted by atomic mass is 35.5. The van der Waals surface area contributed by atoms with Gasteiger partial charge in [-0.1, -0.05) is 18.5 Å². The van der Waals surface area contributed by atoms with E-state index in [1.807, 2.05) is 6.92 Å². The van der Waals surface area contributed by atoms with E-state index < -0.39 is 27.6 Å². The van der Waals surface area contributed by atoms with Gasteiger partial charge in [0.05, 0.1) is 27.9 Å². The van der Waals surface area contributed by atoms with Crippen molar-refractivity contribution in [2.24, 2.45) is 7.05 Å². The molecule has 3 aromatic rings. The zero-order chi connectivity index (χ0) is 22.8. The second-order valence-electron chi connectivity index (χ2n) is 6.44. The van der Waals surface area contributed by atoms with Crippen LogP contribution in [-0.2, 0) is 36.2 Å². The molecule has 7 nitrogen and oxygen atoms in total. The summed E-state index contributed by atoms with van der Waals surface area (Å²) in [6.07, 6.45) is -2.87. The third kappa shape index (κ3) is 5.17. The zero-order valence-electron chi connectivity index (χ0n) is 16.4. The van der Waals surface area contributed by atoms with Gasteiger partial charge in [-0.25, -0.2) is 18.1 Å². The number of benzene rings is 1. The second-order valence-corrected chi connectivity index (χ2v) is 8.58. The van der Waals surface area contributed by atoms with Gasteiger partial charge in [0.2, 0.25) is 15.9 Å². The summed E-state index contributed by atoms with van der Waals surface area (Å²) >= 11 is 6.23. The van der Waals surface area contributed by atoms with Gasteiger partial charge in [-0.15, -0.1) is 0 Å². The summed E-state index contributed by atoms with van der Waals surface area (Å²) in [6.45, 7) is 1.81. The van der Waals surface area contributed by atoms with Crippen LogP contribution in [0.3, 0.4) is 0 Å². The quantitative estimate of drug-likeness (QED) is 0.551. The Hall–Kier alpha value is -2.63. The summed E-state index contributed by atoms with van der Waals surface area (Å²) in [5.41, 5.74) is 0.136. The van der Waals surface area contributed by atoms with Gasteiger partial charge >= 0.3 is 6.18 Å². The molecule has 0 saturated carbocycles. The number of rotatable bonds is 7. The van der Waals surface area contributed by atoms with E-state index in [-0.39, 0.29) is 17.2 Å². The highest BCUT2D eigenvalue weighted by Gasteiger charge is 2.35. The van der Waals surface area contributed by atoms with Crippen LogP contribution in [0.2, 0.25) is 5.02 Å². The molecule has 2 aromatic heterocycles. The van der Waals surface area contributed by atoms with Gasteiger partial charge in [0.1, 0.15) is 11.3 Å². The van der Waals surface area contributed by atoms with Gasteiger partial charge < -0.3 is 4.74 Å². The topological polar surface area (TPSA) is 86.1 Å². The Morgan fingerprint density at radius 3 is 2.45 bits per heavy atom. The molecule has 0 amide bonds. The maximum Gasteiger partial charge on any atom is 0.421 e. The summed E-state index contributed by atoms with van der Waals surface area (Å²) in [6, 6.07) is 6.92. The first-order chi connectivity index (χ1) is 14.5. The van der Waals surface area contributed by atoms with Crippen LogP contribution in [-0.4, -0.2) is 23.2 Å². The van der Waals surface area contributed by atoms with E-state index in [0.717, 1.165) is 12.1 Å². The van der Waals surface area contributed by atoms with Crippen LogP contribution in [0.25, 0.3) is 0 Å². The van der Waals surface area contributed by atoms with Gasteiger partial charge in [0, 0.05) is 13.2 Å². The molecule has 0 aliphatic carbocycles. The Bertz CT molecular complexity index is 1180. The SMILES string of the molecule is CCc1nn(C)c(CNS(=O)(=O)c2ccc(Oc3ncccc3C(F)(F)F)cc2)c1Cl. The third-order valence-electron chi connectivity index (χ3n) is 4.36. The normalized spacial score (nSPS) is 12.2. The fourth-order valence-corrected chi connectivity index (χ4v) is 4.09. The van der Waals surface area contributed by atoms with E-state index in [1.54, 1.807) is 7.05 Å². The number of nitrogens with one attached hydrogen (secondary N) is 1. The number of hydrogen-bond donors (Lipinski definition) is 1. The highest BCUT2D eigenvalue weighted by Crippen LogP contribution is 2.36. The molecule has 0 aliphatic rings. The molecule has 3 rings (SSSR count). The number of hydrogen-bond acceptors (Lipinski definition) is 5. The van der Waals surface area contributed by atoms with Crippen LogP contribution in [0.1, 0.15) is 23.9 Å². The molecule has 0 bridgehead atoms. The van der Waals surface area contributed by atoms with Crippen molar-refractivity contribution in [1.29, 1.82) is 0 Å². The average Bonchev–Trinajstić information content (AvgIpc) is 2.99. The van der Waals surface area contributed by atoms with Crippen molar-refractivity contribution in [2.75, 3.05) is 0 Å². The first-order valence-corrected chi connectivity index (χ1v) is 10.9. The molecule has 1 N–H and O–H groups in total. The lowest BCUT2D eigenvalue weighted by molar-refractivity contribution is -0.138. The minimum absolute atomic E-state index is 0.00502. The Morgan fingerprint density at radius 2 is 1.87 bits per heavy atom.